The molecule has 0 bridgehead atoms. The monoisotopic (exact) mass is 315 g/mol. The molecule has 1 unspecified atom stereocenters. The summed E-state index contributed by atoms with van der Waals surface area (Å²) in [5.74, 6) is 0.0831. The van der Waals surface area contributed by atoms with Gasteiger partial charge in [-0.2, -0.15) is 0 Å². The Morgan fingerprint density at radius 3 is 2.88 bits per heavy atom. The molecule has 1 saturated heterocycles. The molecule has 0 radical (unpaired) electrons. The molecule has 0 saturated carbocycles. The van der Waals surface area contributed by atoms with Crippen LogP contribution in [0.25, 0.3) is 0 Å². The molecule has 1 aromatic rings. The Kier molecular flexibility index (Phi) is 4.10. The van der Waals surface area contributed by atoms with Gasteiger partial charge in [0.15, 0.2) is 0 Å². The second-order valence-electron chi connectivity index (χ2n) is 4.51. The molecule has 1 aromatic carbocycles. The minimum atomic E-state index is 0.0831. The standard InChI is InChI=1S/C13H15BrClNO/c1-9-5-10(7-11(14)6-9)13(17)16-4-2-3-12(15)8-16/h5-7,12H,2-4,8H2,1H3. The molecule has 0 aromatic heterocycles. The maximum absolute atomic E-state index is 12.3. The van der Waals surface area contributed by atoms with Gasteiger partial charge in [0.05, 0.1) is 5.38 Å². The second kappa shape index (κ2) is 5.40. The molecular formula is C13H15BrClNO. The third-order valence-corrected chi connectivity index (χ3v) is 3.75. The van der Waals surface area contributed by atoms with E-state index in [1.165, 1.54) is 0 Å². The molecule has 1 atom stereocenters. The number of rotatable bonds is 1. The average Bonchev–Trinajstić information content (AvgIpc) is 2.26. The highest BCUT2D eigenvalue weighted by atomic mass is 79.9. The zero-order valence-electron chi connectivity index (χ0n) is 9.75. The van der Waals surface area contributed by atoms with Crippen LogP contribution in [0.2, 0.25) is 0 Å². The zero-order valence-corrected chi connectivity index (χ0v) is 12.1. The number of likely N-dealkylation sites (tertiary alicyclic amines) is 1. The number of amides is 1. The van der Waals surface area contributed by atoms with Crippen LogP contribution < -0.4 is 0 Å². The lowest BCUT2D eigenvalue weighted by Gasteiger charge is -2.30. The van der Waals surface area contributed by atoms with Crippen molar-refractivity contribution >= 4 is 33.4 Å². The number of piperidine rings is 1. The normalized spacial score (nSPS) is 20.4. The summed E-state index contributed by atoms with van der Waals surface area (Å²) in [4.78, 5) is 14.1. The van der Waals surface area contributed by atoms with E-state index in [-0.39, 0.29) is 11.3 Å². The molecule has 0 aliphatic carbocycles. The van der Waals surface area contributed by atoms with E-state index in [1.54, 1.807) is 0 Å². The summed E-state index contributed by atoms with van der Waals surface area (Å²) >= 11 is 9.52. The summed E-state index contributed by atoms with van der Waals surface area (Å²) in [6, 6.07) is 5.79. The van der Waals surface area contributed by atoms with Gasteiger partial charge in [0.2, 0.25) is 0 Å². The highest BCUT2D eigenvalue weighted by molar-refractivity contribution is 9.10. The van der Waals surface area contributed by atoms with Crippen molar-refractivity contribution in [3.63, 3.8) is 0 Å². The Balaban J connectivity index is 2.18. The number of halogens is 2. The molecule has 1 heterocycles. The summed E-state index contributed by atoms with van der Waals surface area (Å²) in [6.07, 6.45) is 2.00. The number of hydrogen-bond acceptors (Lipinski definition) is 1. The molecule has 92 valence electrons. The molecule has 2 nitrogen and oxygen atoms in total. The Bertz CT molecular complexity index is 415. The van der Waals surface area contributed by atoms with Crippen LogP contribution in [0.1, 0.15) is 28.8 Å². The highest BCUT2D eigenvalue weighted by Gasteiger charge is 2.23. The lowest BCUT2D eigenvalue weighted by atomic mass is 10.1. The minimum Gasteiger partial charge on any atom is -0.337 e. The summed E-state index contributed by atoms with van der Waals surface area (Å²) < 4.78 is 0.945. The van der Waals surface area contributed by atoms with E-state index in [2.05, 4.69) is 15.9 Å². The Hall–Kier alpha value is -0.540. The van der Waals surface area contributed by atoms with Crippen LogP contribution in [0.4, 0.5) is 0 Å². The van der Waals surface area contributed by atoms with E-state index in [1.807, 2.05) is 30.0 Å². The van der Waals surface area contributed by atoms with Crippen molar-refractivity contribution in [2.75, 3.05) is 13.1 Å². The van der Waals surface area contributed by atoms with Crippen LogP contribution in [0.5, 0.6) is 0 Å². The maximum atomic E-state index is 12.3. The van der Waals surface area contributed by atoms with Crippen molar-refractivity contribution in [2.24, 2.45) is 0 Å². The molecular weight excluding hydrogens is 302 g/mol. The predicted octanol–water partition coefficient (Wildman–Crippen LogP) is 3.60. The summed E-state index contributed by atoms with van der Waals surface area (Å²) in [5.41, 5.74) is 1.82. The van der Waals surface area contributed by atoms with Crippen LogP contribution in [-0.4, -0.2) is 29.3 Å². The minimum absolute atomic E-state index is 0.0831. The number of benzene rings is 1. The molecule has 1 fully saturated rings. The average molecular weight is 317 g/mol. The number of hydrogen-bond donors (Lipinski definition) is 0. The fraction of sp³-hybridized carbons (Fsp3) is 0.462. The van der Waals surface area contributed by atoms with Gasteiger partial charge in [-0.25, -0.2) is 0 Å². The SMILES string of the molecule is Cc1cc(Br)cc(C(=O)N2CCCC(Cl)C2)c1. The number of aryl methyl sites for hydroxylation is 1. The predicted molar refractivity (Wildman–Crippen MR) is 73.7 cm³/mol. The van der Waals surface area contributed by atoms with E-state index in [9.17, 15) is 4.79 Å². The van der Waals surface area contributed by atoms with Crippen molar-refractivity contribution in [1.82, 2.24) is 4.90 Å². The first-order valence-electron chi connectivity index (χ1n) is 5.77. The van der Waals surface area contributed by atoms with Gasteiger partial charge >= 0.3 is 0 Å². The van der Waals surface area contributed by atoms with Crippen molar-refractivity contribution < 1.29 is 4.79 Å². The second-order valence-corrected chi connectivity index (χ2v) is 6.04. The largest absolute Gasteiger partial charge is 0.337 e. The Morgan fingerprint density at radius 1 is 1.47 bits per heavy atom. The molecule has 0 N–H and O–H groups in total. The molecule has 4 heteroatoms. The van der Waals surface area contributed by atoms with Crippen LogP contribution >= 0.6 is 27.5 Å². The fourth-order valence-corrected chi connectivity index (χ4v) is 3.08. The maximum Gasteiger partial charge on any atom is 0.253 e. The summed E-state index contributed by atoms with van der Waals surface area (Å²) in [5, 5.41) is 0.0981. The van der Waals surface area contributed by atoms with E-state index in [0.29, 0.717) is 6.54 Å². The first-order valence-corrected chi connectivity index (χ1v) is 7.00. The van der Waals surface area contributed by atoms with Crippen LogP contribution in [0.3, 0.4) is 0 Å². The van der Waals surface area contributed by atoms with E-state index in [4.69, 9.17) is 11.6 Å². The van der Waals surface area contributed by atoms with Gasteiger partial charge in [0.1, 0.15) is 0 Å². The van der Waals surface area contributed by atoms with E-state index in [0.717, 1.165) is 35.0 Å². The first kappa shape index (κ1) is 12.9. The molecule has 2 rings (SSSR count). The third kappa shape index (κ3) is 3.23. The van der Waals surface area contributed by atoms with E-state index >= 15 is 0 Å². The van der Waals surface area contributed by atoms with Crippen molar-refractivity contribution in [2.45, 2.75) is 25.1 Å². The highest BCUT2D eigenvalue weighted by Crippen LogP contribution is 2.20. The summed E-state index contributed by atoms with van der Waals surface area (Å²) in [7, 11) is 0. The smallest absolute Gasteiger partial charge is 0.253 e. The van der Waals surface area contributed by atoms with Gasteiger partial charge in [-0.05, 0) is 43.5 Å². The quantitative estimate of drug-likeness (QED) is 0.725. The molecule has 1 aliphatic heterocycles. The van der Waals surface area contributed by atoms with Crippen LogP contribution in [0, 0.1) is 6.92 Å². The van der Waals surface area contributed by atoms with Crippen molar-refractivity contribution in [3.8, 4) is 0 Å². The van der Waals surface area contributed by atoms with Gasteiger partial charge in [-0.3, -0.25) is 4.79 Å². The number of nitrogens with zero attached hydrogens (tertiary/aromatic N) is 1. The third-order valence-electron chi connectivity index (χ3n) is 2.94. The molecule has 1 aliphatic rings. The first-order chi connectivity index (χ1) is 8.06. The zero-order chi connectivity index (χ0) is 12.4. The van der Waals surface area contributed by atoms with Crippen molar-refractivity contribution in [1.29, 1.82) is 0 Å². The number of carbonyl (C=O) groups is 1. The van der Waals surface area contributed by atoms with Gasteiger partial charge in [-0.1, -0.05) is 15.9 Å². The van der Waals surface area contributed by atoms with Gasteiger partial charge < -0.3 is 4.90 Å². The van der Waals surface area contributed by atoms with Gasteiger partial charge in [0, 0.05) is 23.1 Å². The number of carbonyl (C=O) groups excluding carboxylic acids is 1. The van der Waals surface area contributed by atoms with Crippen molar-refractivity contribution in [3.05, 3.63) is 33.8 Å². The lowest BCUT2D eigenvalue weighted by Crippen LogP contribution is -2.40. The van der Waals surface area contributed by atoms with Gasteiger partial charge in [0.25, 0.3) is 5.91 Å². The molecule has 0 spiro atoms. The Morgan fingerprint density at radius 2 is 2.24 bits per heavy atom. The van der Waals surface area contributed by atoms with Crippen LogP contribution in [0.15, 0.2) is 22.7 Å². The Labute approximate surface area is 115 Å². The lowest BCUT2D eigenvalue weighted by molar-refractivity contribution is 0.0727. The van der Waals surface area contributed by atoms with Crippen LogP contribution in [-0.2, 0) is 0 Å². The summed E-state index contributed by atoms with van der Waals surface area (Å²) in [6.45, 7) is 3.46. The topological polar surface area (TPSA) is 20.3 Å². The number of alkyl halides is 1. The molecule has 1 amide bonds. The van der Waals surface area contributed by atoms with Gasteiger partial charge in [-0.15, -0.1) is 11.6 Å². The van der Waals surface area contributed by atoms with E-state index < -0.39 is 0 Å². The molecule has 17 heavy (non-hydrogen) atoms. The fourth-order valence-electron chi connectivity index (χ4n) is 2.15.